The zero-order chi connectivity index (χ0) is 15.2. The molecule has 1 saturated heterocycles. The van der Waals surface area contributed by atoms with E-state index in [1.807, 2.05) is 4.90 Å². The zero-order valence-corrected chi connectivity index (χ0v) is 13.2. The van der Waals surface area contributed by atoms with Crippen LogP contribution in [0.5, 0.6) is 0 Å². The van der Waals surface area contributed by atoms with Crippen LogP contribution >= 0.6 is 0 Å². The van der Waals surface area contributed by atoms with Gasteiger partial charge in [0, 0.05) is 32.6 Å². The van der Waals surface area contributed by atoms with Crippen molar-refractivity contribution in [2.45, 2.75) is 57.4 Å². The Morgan fingerprint density at radius 1 is 1.14 bits per heavy atom. The molecule has 120 valence electrons. The average molecular weight is 295 g/mol. The lowest BCUT2D eigenvalue weighted by Crippen LogP contribution is -2.40. The lowest BCUT2D eigenvalue weighted by atomic mass is 9.84. The third-order valence-corrected chi connectivity index (χ3v) is 4.91. The molecule has 1 heterocycles. The lowest BCUT2D eigenvalue weighted by Gasteiger charge is -2.26. The van der Waals surface area contributed by atoms with Crippen molar-refractivity contribution >= 4 is 11.8 Å². The zero-order valence-electron chi connectivity index (χ0n) is 13.2. The highest BCUT2D eigenvalue weighted by Gasteiger charge is 2.23. The molecule has 0 atom stereocenters. The molecule has 0 aromatic heterocycles. The smallest absolute Gasteiger partial charge is 0.242 e. The number of carbonyl (C=O) groups excluding carboxylic acids is 2. The highest BCUT2D eigenvalue weighted by atomic mass is 16.2. The standard InChI is InChI=1S/C16H29N3O2/c1-18(12-16(21)19-10-2-3-11-19)15(20)9-6-13-4-7-14(17)8-5-13/h13-14H,2-12,17H2,1H3. The molecule has 2 fully saturated rings. The fourth-order valence-corrected chi connectivity index (χ4v) is 3.35. The van der Waals surface area contributed by atoms with Crippen molar-refractivity contribution in [3.63, 3.8) is 0 Å². The maximum Gasteiger partial charge on any atom is 0.242 e. The van der Waals surface area contributed by atoms with E-state index in [-0.39, 0.29) is 18.4 Å². The van der Waals surface area contributed by atoms with Crippen LogP contribution in [0.25, 0.3) is 0 Å². The predicted molar refractivity (Wildman–Crippen MR) is 82.6 cm³/mol. The summed E-state index contributed by atoms with van der Waals surface area (Å²) < 4.78 is 0. The monoisotopic (exact) mass is 295 g/mol. The minimum atomic E-state index is 0.0898. The Morgan fingerprint density at radius 3 is 2.38 bits per heavy atom. The molecule has 0 aromatic rings. The number of hydrogen-bond acceptors (Lipinski definition) is 3. The minimum absolute atomic E-state index is 0.0898. The lowest BCUT2D eigenvalue weighted by molar-refractivity contribution is -0.139. The van der Waals surface area contributed by atoms with Gasteiger partial charge in [-0.2, -0.15) is 0 Å². The van der Waals surface area contributed by atoms with Crippen LogP contribution in [0.15, 0.2) is 0 Å². The van der Waals surface area contributed by atoms with E-state index in [0.717, 1.165) is 58.0 Å². The molecule has 0 unspecified atom stereocenters. The molecule has 2 rings (SSSR count). The summed E-state index contributed by atoms with van der Waals surface area (Å²) >= 11 is 0. The normalized spacial score (nSPS) is 25.9. The van der Waals surface area contributed by atoms with Crippen molar-refractivity contribution in [2.24, 2.45) is 11.7 Å². The van der Waals surface area contributed by atoms with Gasteiger partial charge in [0.05, 0.1) is 6.54 Å². The Morgan fingerprint density at radius 2 is 1.76 bits per heavy atom. The Kier molecular flexibility index (Phi) is 6.03. The van der Waals surface area contributed by atoms with Gasteiger partial charge in [0.1, 0.15) is 0 Å². The highest BCUT2D eigenvalue weighted by molar-refractivity contribution is 5.84. The number of likely N-dealkylation sites (N-methyl/N-ethyl adjacent to an activating group) is 1. The van der Waals surface area contributed by atoms with Crippen molar-refractivity contribution in [3.05, 3.63) is 0 Å². The van der Waals surface area contributed by atoms with Crippen molar-refractivity contribution in [3.8, 4) is 0 Å². The molecule has 2 aliphatic rings. The molecular weight excluding hydrogens is 266 g/mol. The molecular formula is C16H29N3O2. The number of nitrogens with zero attached hydrogens (tertiary/aromatic N) is 2. The van der Waals surface area contributed by atoms with Gasteiger partial charge in [-0.1, -0.05) is 0 Å². The summed E-state index contributed by atoms with van der Waals surface area (Å²) in [6, 6.07) is 0.359. The number of rotatable bonds is 5. The first-order valence-electron chi connectivity index (χ1n) is 8.33. The molecule has 1 aliphatic carbocycles. The summed E-state index contributed by atoms with van der Waals surface area (Å²) in [6.45, 7) is 1.93. The number of amides is 2. The van der Waals surface area contributed by atoms with Crippen LogP contribution in [0.2, 0.25) is 0 Å². The Bertz CT molecular complexity index is 359. The fourth-order valence-electron chi connectivity index (χ4n) is 3.35. The van der Waals surface area contributed by atoms with Gasteiger partial charge in [-0.25, -0.2) is 0 Å². The van der Waals surface area contributed by atoms with Crippen LogP contribution in [0.3, 0.4) is 0 Å². The van der Waals surface area contributed by atoms with Crippen molar-refractivity contribution in [1.82, 2.24) is 9.80 Å². The Hall–Kier alpha value is -1.10. The van der Waals surface area contributed by atoms with Crippen LogP contribution < -0.4 is 5.73 Å². The third kappa shape index (κ3) is 4.99. The number of nitrogens with two attached hydrogens (primary N) is 1. The molecule has 5 nitrogen and oxygen atoms in total. The van der Waals surface area contributed by atoms with Crippen LogP contribution in [-0.4, -0.2) is 54.3 Å². The summed E-state index contributed by atoms with van der Waals surface area (Å²) in [5.41, 5.74) is 5.90. The first-order chi connectivity index (χ1) is 10.1. The van der Waals surface area contributed by atoms with Crippen molar-refractivity contribution in [2.75, 3.05) is 26.7 Å². The molecule has 0 radical (unpaired) electrons. The first kappa shape index (κ1) is 16.3. The molecule has 21 heavy (non-hydrogen) atoms. The average Bonchev–Trinajstić information content (AvgIpc) is 3.00. The molecule has 0 bridgehead atoms. The maximum atomic E-state index is 12.1. The number of likely N-dealkylation sites (tertiary alicyclic amines) is 1. The summed E-state index contributed by atoms with van der Waals surface area (Å²) in [5.74, 6) is 0.820. The van der Waals surface area contributed by atoms with Crippen LogP contribution in [-0.2, 0) is 9.59 Å². The highest BCUT2D eigenvalue weighted by Crippen LogP contribution is 2.27. The molecule has 2 N–H and O–H groups in total. The minimum Gasteiger partial charge on any atom is -0.341 e. The summed E-state index contributed by atoms with van der Waals surface area (Å²) in [6.07, 6.45) is 8.14. The van der Waals surface area contributed by atoms with Crippen LogP contribution in [0.4, 0.5) is 0 Å². The van der Waals surface area contributed by atoms with Gasteiger partial charge >= 0.3 is 0 Å². The Balaban J connectivity index is 1.66. The second kappa shape index (κ2) is 7.78. The van der Waals surface area contributed by atoms with Crippen LogP contribution in [0, 0.1) is 5.92 Å². The second-order valence-electron chi connectivity index (χ2n) is 6.66. The first-order valence-corrected chi connectivity index (χ1v) is 8.33. The van der Waals surface area contributed by atoms with E-state index >= 15 is 0 Å². The van der Waals surface area contributed by atoms with E-state index in [4.69, 9.17) is 5.73 Å². The van der Waals surface area contributed by atoms with E-state index < -0.39 is 0 Å². The van der Waals surface area contributed by atoms with Crippen molar-refractivity contribution in [1.29, 1.82) is 0 Å². The quantitative estimate of drug-likeness (QED) is 0.833. The second-order valence-corrected chi connectivity index (χ2v) is 6.66. The summed E-state index contributed by atoms with van der Waals surface area (Å²) in [7, 11) is 1.74. The SMILES string of the molecule is CN(CC(=O)N1CCCC1)C(=O)CCC1CCC(N)CC1. The maximum absolute atomic E-state index is 12.1. The van der Waals surface area contributed by atoms with E-state index in [0.29, 0.717) is 18.4 Å². The third-order valence-electron chi connectivity index (χ3n) is 4.91. The van der Waals surface area contributed by atoms with E-state index in [2.05, 4.69) is 0 Å². The molecule has 0 spiro atoms. The van der Waals surface area contributed by atoms with Gasteiger partial charge in [0.15, 0.2) is 0 Å². The Labute approximate surface area is 127 Å². The molecule has 2 amide bonds. The van der Waals surface area contributed by atoms with E-state index in [1.165, 1.54) is 0 Å². The van der Waals surface area contributed by atoms with E-state index in [9.17, 15) is 9.59 Å². The summed E-state index contributed by atoms with van der Waals surface area (Å²) in [4.78, 5) is 27.6. The van der Waals surface area contributed by atoms with E-state index in [1.54, 1.807) is 11.9 Å². The number of carbonyl (C=O) groups is 2. The number of hydrogen-bond donors (Lipinski definition) is 1. The fraction of sp³-hybridized carbons (Fsp3) is 0.875. The molecule has 0 aromatic carbocycles. The predicted octanol–water partition coefficient (Wildman–Crippen LogP) is 1.36. The van der Waals surface area contributed by atoms with Gasteiger partial charge in [0.25, 0.3) is 0 Å². The van der Waals surface area contributed by atoms with Crippen molar-refractivity contribution < 1.29 is 9.59 Å². The topological polar surface area (TPSA) is 66.6 Å². The largest absolute Gasteiger partial charge is 0.341 e. The molecule has 1 saturated carbocycles. The van der Waals surface area contributed by atoms with Crippen LogP contribution in [0.1, 0.15) is 51.4 Å². The van der Waals surface area contributed by atoms with Gasteiger partial charge in [-0.05, 0) is 50.9 Å². The molecule has 5 heteroatoms. The van der Waals surface area contributed by atoms with Gasteiger partial charge in [-0.3, -0.25) is 9.59 Å². The van der Waals surface area contributed by atoms with Gasteiger partial charge in [0.2, 0.25) is 11.8 Å². The van der Waals surface area contributed by atoms with Gasteiger partial charge < -0.3 is 15.5 Å². The summed E-state index contributed by atoms with van der Waals surface area (Å²) in [5, 5.41) is 0. The molecule has 1 aliphatic heterocycles. The van der Waals surface area contributed by atoms with Gasteiger partial charge in [-0.15, -0.1) is 0 Å².